The van der Waals surface area contributed by atoms with Crippen molar-refractivity contribution in [1.82, 2.24) is 4.98 Å². The maximum absolute atomic E-state index is 11.2. The highest BCUT2D eigenvalue weighted by Gasteiger charge is 2.02. The molecule has 0 amide bonds. The first-order valence-corrected chi connectivity index (χ1v) is 5.65. The number of H-pyrrole nitrogens is 1. The first-order chi connectivity index (χ1) is 8.74. The molecule has 4 heteroatoms. The summed E-state index contributed by atoms with van der Waals surface area (Å²) in [6.07, 6.45) is 5.51. The summed E-state index contributed by atoms with van der Waals surface area (Å²) in [5.74, 6) is -0.373. The third-order valence-corrected chi connectivity index (χ3v) is 2.56. The van der Waals surface area contributed by atoms with Gasteiger partial charge in [0.1, 0.15) is 0 Å². The lowest BCUT2D eigenvalue weighted by Crippen LogP contribution is -1.98. The van der Waals surface area contributed by atoms with E-state index in [0.717, 1.165) is 22.8 Å². The van der Waals surface area contributed by atoms with E-state index < -0.39 is 0 Å². The van der Waals surface area contributed by atoms with Gasteiger partial charge < -0.3 is 9.72 Å². The van der Waals surface area contributed by atoms with Gasteiger partial charge >= 0.3 is 5.97 Å². The molecule has 1 aromatic carbocycles. The van der Waals surface area contributed by atoms with Crippen molar-refractivity contribution in [3.63, 3.8) is 0 Å². The Balaban J connectivity index is 2.29. The number of benzene rings is 1. The fraction of sp³-hybridized carbons (Fsp3) is 0.143. The molecule has 0 spiro atoms. The summed E-state index contributed by atoms with van der Waals surface area (Å²) in [5, 5.41) is 0.844. The average molecular weight is 243 g/mol. The summed E-state index contributed by atoms with van der Waals surface area (Å²) >= 11 is 0. The number of nitrogens with one attached hydrogen (secondary N) is 1. The zero-order chi connectivity index (χ0) is 13.0. The Hall–Kier alpha value is -2.36. The summed E-state index contributed by atoms with van der Waals surface area (Å²) in [5.41, 5.74) is 2.35. The molecular weight excluding hydrogens is 230 g/mol. The Morgan fingerprint density at radius 2 is 2.28 bits per heavy atom. The second kappa shape index (κ2) is 5.31. The molecule has 0 bridgehead atoms. The minimum atomic E-state index is -0.373. The number of aromatic amines is 1. The highest BCUT2D eigenvalue weighted by atomic mass is 16.5. The van der Waals surface area contributed by atoms with Gasteiger partial charge in [-0.3, -0.25) is 4.79 Å². The Morgan fingerprint density at radius 3 is 3.00 bits per heavy atom. The molecule has 4 nitrogen and oxygen atoms in total. The van der Waals surface area contributed by atoms with E-state index in [9.17, 15) is 9.59 Å². The molecule has 1 N–H and O–H groups in total. The van der Waals surface area contributed by atoms with E-state index in [0.29, 0.717) is 12.2 Å². The molecule has 0 atom stereocenters. The number of esters is 1. The molecule has 1 aromatic heterocycles. The Morgan fingerprint density at radius 1 is 1.44 bits per heavy atom. The fourth-order valence-electron chi connectivity index (χ4n) is 1.72. The number of carbonyl (C=O) groups is 2. The summed E-state index contributed by atoms with van der Waals surface area (Å²) in [7, 11) is 0. The van der Waals surface area contributed by atoms with Crippen molar-refractivity contribution >= 4 is 29.2 Å². The summed E-state index contributed by atoms with van der Waals surface area (Å²) in [6, 6.07) is 5.58. The van der Waals surface area contributed by atoms with Gasteiger partial charge in [0.05, 0.1) is 6.61 Å². The van der Waals surface area contributed by atoms with Crippen LogP contribution in [0, 0.1) is 0 Å². The van der Waals surface area contributed by atoms with Crippen LogP contribution in [0.1, 0.15) is 22.8 Å². The third kappa shape index (κ3) is 2.48. The second-order valence-electron chi connectivity index (χ2n) is 3.75. The molecule has 0 radical (unpaired) electrons. The normalized spacial score (nSPS) is 10.9. The van der Waals surface area contributed by atoms with Crippen LogP contribution in [0.4, 0.5) is 0 Å². The molecule has 2 aromatic rings. The number of carbonyl (C=O) groups excluding carboxylic acids is 2. The maximum atomic E-state index is 11.2. The maximum Gasteiger partial charge on any atom is 0.330 e. The fourth-order valence-corrected chi connectivity index (χ4v) is 1.72. The number of fused-ring (bicyclic) bond motifs is 1. The molecule has 92 valence electrons. The number of hydrogen-bond acceptors (Lipinski definition) is 3. The Bertz CT molecular complexity index is 611. The van der Waals surface area contributed by atoms with E-state index in [-0.39, 0.29) is 5.97 Å². The van der Waals surface area contributed by atoms with Crippen LogP contribution in [0.15, 0.2) is 30.5 Å². The van der Waals surface area contributed by atoms with Crippen molar-refractivity contribution in [1.29, 1.82) is 0 Å². The molecular formula is C14H13NO3. The van der Waals surface area contributed by atoms with Gasteiger partial charge in [-0.25, -0.2) is 4.79 Å². The molecule has 0 unspecified atom stereocenters. The van der Waals surface area contributed by atoms with Crippen LogP contribution < -0.4 is 0 Å². The predicted molar refractivity (Wildman–Crippen MR) is 69.4 cm³/mol. The number of aldehydes is 1. The van der Waals surface area contributed by atoms with Gasteiger partial charge in [0.15, 0.2) is 6.29 Å². The molecule has 0 aliphatic rings. The molecule has 0 aliphatic carbocycles. The standard InChI is InChI=1S/C14H13NO3/c1-2-18-14(17)6-4-10-3-5-13-12(7-10)11(9-16)8-15-13/h3-9,15H,2H2,1H3. The monoisotopic (exact) mass is 243 g/mol. The van der Waals surface area contributed by atoms with Gasteiger partial charge in [-0.2, -0.15) is 0 Å². The molecule has 0 saturated heterocycles. The lowest BCUT2D eigenvalue weighted by molar-refractivity contribution is -0.137. The third-order valence-electron chi connectivity index (χ3n) is 2.56. The van der Waals surface area contributed by atoms with Crippen LogP contribution >= 0.6 is 0 Å². The quantitative estimate of drug-likeness (QED) is 0.510. The van der Waals surface area contributed by atoms with Crippen molar-refractivity contribution in [3.8, 4) is 0 Å². The first-order valence-electron chi connectivity index (χ1n) is 5.65. The second-order valence-corrected chi connectivity index (χ2v) is 3.75. The van der Waals surface area contributed by atoms with Crippen LogP contribution in [-0.2, 0) is 9.53 Å². The zero-order valence-corrected chi connectivity index (χ0v) is 9.97. The van der Waals surface area contributed by atoms with Gasteiger partial charge in [0, 0.05) is 28.7 Å². The van der Waals surface area contributed by atoms with Crippen molar-refractivity contribution in [2.24, 2.45) is 0 Å². The van der Waals surface area contributed by atoms with Crippen LogP contribution in [0.3, 0.4) is 0 Å². The van der Waals surface area contributed by atoms with Gasteiger partial charge in [-0.1, -0.05) is 6.07 Å². The molecule has 0 aliphatic heterocycles. The van der Waals surface area contributed by atoms with Gasteiger partial charge in [-0.15, -0.1) is 0 Å². The smallest absolute Gasteiger partial charge is 0.330 e. The molecule has 2 rings (SSSR count). The van der Waals surface area contributed by atoms with Crippen LogP contribution in [-0.4, -0.2) is 23.8 Å². The lowest BCUT2D eigenvalue weighted by atomic mass is 10.1. The molecule has 0 fully saturated rings. The minimum absolute atomic E-state index is 0.356. The van der Waals surface area contributed by atoms with E-state index in [1.54, 1.807) is 19.2 Å². The number of ether oxygens (including phenoxy) is 1. The minimum Gasteiger partial charge on any atom is -0.463 e. The van der Waals surface area contributed by atoms with E-state index in [2.05, 4.69) is 4.98 Å². The number of aromatic nitrogens is 1. The van der Waals surface area contributed by atoms with Crippen LogP contribution in [0.25, 0.3) is 17.0 Å². The Kier molecular flexibility index (Phi) is 3.57. The van der Waals surface area contributed by atoms with Crippen molar-refractivity contribution < 1.29 is 14.3 Å². The summed E-state index contributed by atoms with van der Waals surface area (Å²) in [6.45, 7) is 2.11. The SMILES string of the molecule is CCOC(=O)C=Cc1ccc2[nH]cc(C=O)c2c1. The van der Waals surface area contributed by atoms with Crippen LogP contribution in [0.5, 0.6) is 0 Å². The highest BCUT2D eigenvalue weighted by Crippen LogP contribution is 2.19. The summed E-state index contributed by atoms with van der Waals surface area (Å²) in [4.78, 5) is 25.0. The van der Waals surface area contributed by atoms with Gasteiger partial charge in [0.25, 0.3) is 0 Å². The van der Waals surface area contributed by atoms with Crippen LogP contribution in [0.2, 0.25) is 0 Å². The van der Waals surface area contributed by atoms with Gasteiger partial charge in [-0.05, 0) is 30.7 Å². The van der Waals surface area contributed by atoms with Gasteiger partial charge in [0.2, 0.25) is 0 Å². The first kappa shape index (κ1) is 12.1. The lowest BCUT2D eigenvalue weighted by Gasteiger charge is -1.97. The highest BCUT2D eigenvalue weighted by molar-refractivity contribution is 5.98. The van der Waals surface area contributed by atoms with E-state index in [1.807, 2.05) is 18.2 Å². The van der Waals surface area contributed by atoms with E-state index >= 15 is 0 Å². The van der Waals surface area contributed by atoms with E-state index in [4.69, 9.17) is 4.74 Å². The predicted octanol–water partition coefficient (Wildman–Crippen LogP) is 2.56. The van der Waals surface area contributed by atoms with E-state index in [1.165, 1.54) is 6.08 Å². The average Bonchev–Trinajstić information content (AvgIpc) is 2.79. The largest absolute Gasteiger partial charge is 0.463 e. The molecule has 18 heavy (non-hydrogen) atoms. The van der Waals surface area contributed by atoms with Crippen molar-refractivity contribution in [2.75, 3.05) is 6.61 Å². The van der Waals surface area contributed by atoms with Crippen molar-refractivity contribution in [3.05, 3.63) is 41.6 Å². The molecule has 0 saturated carbocycles. The van der Waals surface area contributed by atoms with Crippen molar-refractivity contribution in [2.45, 2.75) is 6.92 Å². The topological polar surface area (TPSA) is 59.2 Å². The molecule has 1 heterocycles. The number of rotatable bonds is 4. The zero-order valence-electron chi connectivity index (χ0n) is 9.97. The number of hydrogen-bond donors (Lipinski definition) is 1. The Labute approximate surface area is 104 Å². The summed E-state index contributed by atoms with van der Waals surface area (Å²) < 4.78 is 4.79.